The Morgan fingerprint density at radius 1 is 1.10 bits per heavy atom. The maximum atomic E-state index is 5.73. The molecule has 110 valence electrons. The molecule has 0 radical (unpaired) electrons. The molecule has 0 aliphatic carbocycles. The molecule has 2 rings (SSSR count). The highest BCUT2D eigenvalue weighted by molar-refractivity contribution is 6.83. The Labute approximate surface area is 127 Å². The van der Waals surface area contributed by atoms with Gasteiger partial charge in [-0.25, -0.2) is 4.98 Å². The maximum Gasteiger partial charge on any atom is 0.145 e. The van der Waals surface area contributed by atoms with Gasteiger partial charge in [-0.2, -0.15) is 0 Å². The SMILES string of the molecule is COCCOc1cccc2ccc(C#C[Si](C)(C)C)nc12. The number of ether oxygens (including phenoxy) is 2. The lowest BCUT2D eigenvalue weighted by Gasteiger charge is -2.08. The summed E-state index contributed by atoms with van der Waals surface area (Å²) in [7, 11) is 0.266. The molecule has 0 saturated heterocycles. The standard InChI is InChI=1S/C17H21NO2Si/c1-19-11-12-20-16-7-5-6-14-8-9-15(18-17(14)16)10-13-21(2,3)4/h5-9H,11-12H2,1-4H3. The molecule has 0 N–H and O–H groups in total. The fraction of sp³-hybridized carbons (Fsp3) is 0.353. The summed E-state index contributed by atoms with van der Waals surface area (Å²) < 4.78 is 10.7. The van der Waals surface area contributed by atoms with Gasteiger partial charge in [-0.3, -0.25) is 0 Å². The molecule has 2 aromatic rings. The van der Waals surface area contributed by atoms with Gasteiger partial charge in [0.15, 0.2) is 0 Å². The van der Waals surface area contributed by atoms with Crippen LogP contribution in [0.4, 0.5) is 0 Å². The summed E-state index contributed by atoms with van der Waals surface area (Å²) in [5, 5.41) is 1.06. The second-order valence-electron chi connectivity index (χ2n) is 5.87. The van der Waals surface area contributed by atoms with Crippen molar-refractivity contribution in [2.75, 3.05) is 20.3 Å². The van der Waals surface area contributed by atoms with Crippen molar-refractivity contribution in [1.29, 1.82) is 0 Å². The van der Waals surface area contributed by atoms with E-state index in [4.69, 9.17) is 9.47 Å². The van der Waals surface area contributed by atoms with E-state index in [1.807, 2.05) is 30.3 Å². The Bertz CT molecular complexity index is 680. The van der Waals surface area contributed by atoms with Crippen LogP contribution >= 0.6 is 0 Å². The zero-order valence-corrected chi connectivity index (χ0v) is 14.1. The number of benzene rings is 1. The van der Waals surface area contributed by atoms with E-state index in [1.165, 1.54) is 0 Å². The number of aromatic nitrogens is 1. The first-order valence-electron chi connectivity index (χ1n) is 7.04. The molecule has 1 heterocycles. The zero-order chi connectivity index (χ0) is 15.3. The lowest BCUT2D eigenvalue weighted by Crippen LogP contribution is -2.16. The molecule has 0 saturated carbocycles. The molecule has 1 aromatic heterocycles. The Kier molecular flexibility index (Phi) is 5.00. The predicted molar refractivity (Wildman–Crippen MR) is 89.3 cm³/mol. The van der Waals surface area contributed by atoms with Crippen LogP contribution in [0.3, 0.4) is 0 Å². The van der Waals surface area contributed by atoms with E-state index in [2.05, 4.69) is 36.1 Å². The second-order valence-corrected chi connectivity index (χ2v) is 10.6. The Morgan fingerprint density at radius 2 is 1.90 bits per heavy atom. The van der Waals surface area contributed by atoms with Gasteiger partial charge >= 0.3 is 0 Å². The molecule has 0 aliphatic heterocycles. The third-order valence-corrected chi connectivity index (χ3v) is 3.67. The normalized spacial score (nSPS) is 11.0. The molecule has 4 heteroatoms. The molecular weight excluding hydrogens is 278 g/mol. The van der Waals surface area contributed by atoms with E-state index in [0.717, 1.165) is 22.3 Å². The molecule has 0 bridgehead atoms. The molecule has 0 spiro atoms. The van der Waals surface area contributed by atoms with Crippen molar-refractivity contribution in [2.45, 2.75) is 19.6 Å². The third-order valence-electron chi connectivity index (χ3n) is 2.79. The second kappa shape index (κ2) is 6.75. The Hall–Kier alpha value is -1.83. The minimum atomic E-state index is -1.40. The average Bonchev–Trinajstić information content (AvgIpc) is 2.45. The topological polar surface area (TPSA) is 31.4 Å². The summed E-state index contributed by atoms with van der Waals surface area (Å²) in [5.74, 6) is 3.97. The van der Waals surface area contributed by atoms with Gasteiger partial charge in [0.1, 0.15) is 31.6 Å². The number of hydrogen-bond acceptors (Lipinski definition) is 3. The molecule has 0 aliphatic rings. The highest BCUT2D eigenvalue weighted by Crippen LogP contribution is 2.23. The smallest absolute Gasteiger partial charge is 0.145 e. The first kappa shape index (κ1) is 15.6. The number of fused-ring (bicyclic) bond motifs is 1. The molecule has 0 unspecified atom stereocenters. The molecular formula is C17H21NO2Si. The van der Waals surface area contributed by atoms with Crippen LogP contribution in [0.5, 0.6) is 5.75 Å². The number of rotatable bonds is 4. The van der Waals surface area contributed by atoms with Gasteiger partial charge in [-0.05, 0) is 18.2 Å². The minimum absolute atomic E-state index is 0.516. The van der Waals surface area contributed by atoms with Crippen LogP contribution in [-0.4, -0.2) is 33.4 Å². The van der Waals surface area contributed by atoms with Crippen molar-refractivity contribution in [2.24, 2.45) is 0 Å². The van der Waals surface area contributed by atoms with Gasteiger partial charge in [0.2, 0.25) is 0 Å². The van der Waals surface area contributed by atoms with Gasteiger partial charge < -0.3 is 9.47 Å². The fourth-order valence-corrected chi connectivity index (χ4v) is 2.30. The summed E-state index contributed by atoms with van der Waals surface area (Å²) in [6.07, 6.45) is 0. The van der Waals surface area contributed by atoms with Gasteiger partial charge in [0, 0.05) is 12.5 Å². The number of hydrogen-bond donors (Lipinski definition) is 0. The largest absolute Gasteiger partial charge is 0.489 e. The first-order valence-corrected chi connectivity index (χ1v) is 10.5. The Morgan fingerprint density at radius 3 is 2.62 bits per heavy atom. The first-order chi connectivity index (χ1) is 9.99. The van der Waals surface area contributed by atoms with Crippen LogP contribution < -0.4 is 4.74 Å². The van der Waals surface area contributed by atoms with Crippen LogP contribution in [0.25, 0.3) is 10.9 Å². The summed E-state index contributed by atoms with van der Waals surface area (Å²) in [6.45, 7) is 7.74. The molecule has 0 fully saturated rings. The van der Waals surface area contributed by atoms with Gasteiger partial charge in [0.25, 0.3) is 0 Å². The van der Waals surface area contributed by atoms with Crippen molar-refractivity contribution < 1.29 is 9.47 Å². The highest BCUT2D eigenvalue weighted by atomic mass is 28.3. The average molecular weight is 299 g/mol. The van der Waals surface area contributed by atoms with E-state index in [-0.39, 0.29) is 0 Å². The number of pyridine rings is 1. The van der Waals surface area contributed by atoms with Crippen molar-refractivity contribution in [3.05, 3.63) is 36.0 Å². The summed E-state index contributed by atoms with van der Waals surface area (Å²) in [4.78, 5) is 4.64. The fourth-order valence-electron chi connectivity index (χ4n) is 1.79. The molecule has 0 atom stereocenters. The van der Waals surface area contributed by atoms with E-state index >= 15 is 0 Å². The quantitative estimate of drug-likeness (QED) is 0.492. The van der Waals surface area contributed by atoms with Crippen molar-refractivity contribution in [1.82, 2.24) is 4.98 Å². The van der Waals surface area contributed by atoms with Crippen molar-refractivity contribution in [3.63, 3.8) is 0 Å². The molecule has 1 aromatic carbocycles. The van der Waals surface area contributed by atoms with Crippen LogP contribution in [0.1, 0.15) is 5.69 Å². The lowest BCUT2D eigenvalue weighted by molar-refractivity contribution is 0.147. The summed E-state index contributed by atoms with van der Waals surface area (Å²) in [5.41, 5.74) is 5.00. The number of para-hydroxylation sites is 1. The van der Waals surface area contributed by atoms with Crippen LogP contribution in [-0.2, 0) is 4.74 Å². The summed E-state index contributed by atoms with van der Waals surface area (Å²) >= 11 is 0. The molecule has 0 amide bonds. The Balaban J connectivity index is 2.35. The number of nitrogens with zero attached hydrogens (tertiary/aromatic N) is 1. The molecule has 21 heavy (non-hydrogen) atoms. The highest BCUT2D eigenvalue weighted by Gasteiger charge is 2.08. The van der Waals surface area contributed by atoms with E-state index < -0.39 is 8.07 Å². The number of methoxy groups -OCH3 is 1. The van der Waals surface area contributed by atoms with Gasteiger partial charge in [-0.15, -0.1) is 5.54 Å². The molecule has 3 nitrogen and oxygen atoms in total. The van der Waals surface area contributed by atoms with Crippen LogP contribution in [0.15, 0.2) is 30.3 Å². The van der Waals surface area contributed by atoms with Crippen LogP contribution in [0.2, 0.25) is 19.6 Å². The summed E-state index contributed by atoms with van der Waals surface area (Å²) in [6, 6.07) is 9.94. The lowest BCUT2D eigenvalue weighted by atomic mass is 10.2. The van der Waals surface area contributed by atoms with Crippen LogP contribution in [0, 0.1) is 11.5 Å². The van der Waals surface area contributed by atoms with E-state index in [0.29, 0.717) is 13.2 Å². The predicted octanol–water partition coefficient (Wildman–Crippen LogP) is 3.49. The maximum absolute atomic E-state index is 5.73. The van der Waals surface area contributed by atoms with Gasteiger partial charge in [0.05, 0.1) is 6.61 Å². The van der Waals surface area contributed by atoms with Crippen molar-refractivity contribution in [3.8, 4) is 17.2 Å². The zero-order valence-electron chi connectivity index (χ0n) is 13.1. The monoisotopic (exact) mass is 299 g/mol. The van der Waals surface area contributed by atoms with E-state index in [1.54, 1.807) is 7.11 Å². The third kappa shape index (κ3) is 4.59. The minimum Gasteiger partial charge on any atom is -0.489 e. The van der Waals surface area contributed by atoms with Gasteiger partial charge in [-0.1, -0.05) is 37.7 Å². The van der Waals surface area contributed by atoms with E-state index in [9.17, 15) is 0 Å². The van der Waals surface area contributed by atoms with Crippen molar-refractivity contribution >= 4 is 19.0 Å².